The van der Waals surface area contributed by atoms with Crippen LogP contribution in [0.5, 0.6) is 0 Å². The highest BCUT2D eigenvalue weighted by atomic mass is 16.5. The molecule has 0 radical (unpaired) electrons. The third-order valence-corrected chi connectivity index (χ3v) is 2.67. The van der Waals surface area contributed by atoms with Crippen molar-refractivity contribution in [3.63, 3.8) is 0 Å². The molecule has 0 saturated carbocycles. The molecule has 0 spiro atoms. The number of ether oxygens (including phenoxy) is 1. The molecule has 1 aromatic carbocycles. The molecule has 0 aliphatic carbocycles. The lowest BCUT2D eigenvalue weighted by atomic mass is 10.0. The van der Waals surface area contributed by atoms with E-state index in [4.69, 9.17) is 10.00 Å². The minimum absolute atomic E-state index is 0.348. The topological polar surface area (TPSA) is 62.1 Å². The Labute approximate surface area is 108 Å². The van der Waals surface area contributed by atoms with Gasteiger partial charge in [0.05, 0.1) is 19.2 Å². The molecule has 1 aromatic rings. The molecule has 4 heteroatoms. The monoisotopic (exact) mass is 246 g/mol. The van der Waals surface area contributed by atoms with Crippen molar-refractivity contribution >= 4 is 5.97 Å². The van der Waals surface area contributed by atoms with Crippen molar-refractivity contribution in [2.75, 3.05) is 7.11 Å². The summed E-state index contributed by atoms with van der Waals surface area (Å²) in [5.41, 5.74) is 0.806. The molecule has 0 unspecified atom stereocenters. The molecule has 1 N–H and O–H groups in total. The van der Waals surface area contributed by atoms with E-state index in [1.807, 2.05) is 37.3 Å². The highest BCUT2D eigenvalue weighted by Gasteiger charge is 2.23. The number of carbonyl (C=O) groups excluding carboxylic acids is 1. The summed E-state index contributed by atoms with van der Waals surface area (Å²) in [5, 5.41) is 12.1. The number of benzene rings is 1. The lowest BCUT2D eigenvalue weighted by molar-refractivity contribution is -0.143. The molecule has 4 nitrogen and oxygen atoms in total. The molecule has 0 amide bonds. The van der Waals surface area contributed by atoms with Gasteiger partial charge in [-0.15, -0.1) is 0 Å². The Bertz CT molecular complexity index is 412. The first-order chi connectivity index (χ1) is 8.72. The molecule has 0 bridgehead atoms. The number of nitrogens with zero attached hydrogens (tertiary/aromatic N) is 1. The van der Waals surface area contributed by atoms with Crippen LogP contribution in [0, 0.1) is 11.3 Å². The summed E-state index contributed by atoms with van der Waals surface area (Å²) in [6.07, 6.45) is 1.59. The second kappa shape index (κ2) is 7.46. The van der Waals surface area contributed by atoms with Crippen LogP contribution in [0.4, 0.5) is 0 Å². The molecular weight excluding hydrogens is 228 g/mol. The number of nitrogens with one attached hydrogen (secondary N) is 1. The lowest BCUT2D eigenvalue weighted by Crippen LogP contribution is -2.36. The Morgan fingerprint density at radius 3 is 2.61 bits per heavy atom. The first-order valence-electron chi connectivity index (χ1n) is 6.01. The summed E-state index contributed by atoms with van der Waals surface area (Å²) in [5.74, 6) is -0.377. The van der Waals surface area contributed by atoms with Gasteiger partial charge in [-0.2, -0.15) is 5.26 Å². The minimum atomic E-state index is -0.590. The number of rotatable bonds is 6. The second-order valence-corrected chi connectivity index (χ2v) is 4.00. The fourth-order valence-electron chi connectivity index (χ4n) is 1.74. The van der Waals surface area contributed by atoms with E-state index in [2.05, 4.69) is 11.4 Å². The molecule has 18 heavy (non-hydrogen) atoms. The second-order valence-electron chi connectivity index (χ2n) is 4.00. The standard InChI is InChI=1S/C14H18N2O2/c1-3-7-12(10-15)16-13(14(17)18-2)11-8-5-4-6-9-11/h4-6,8-9,12-13,16H,3,7H2,1-2H3/t12-,13+/m1/s1. The first kappa shape index (κ1) is 14.2. The first-order valence-corrected chi connectivity index (χ1v) is 6.01. The summed E-state index contributed by atoms with van der Waals surface area (Å²) >= 11 is 0. The summed E-state index contributed by atoms with van der Waals surface area (Å²) in [6.45, 7) is 2.00. The lowest BCUT2D eigenvalue weighted by Gasteiger charge is -2.19. The van der Waals surface area contributed by atoms with Crippen LogP contribution in [0.15, 0.2) is 30.3 Å². The van der Waals surface area contributed by atoms with Gasteiger partial charge in [-0.25, -0.2) is 4.79 Å². The van der Waals surface area contributed by atoms with Crippen molar-refractivity contribution in [2.45, 2.75) is 31.8 Å². The van der Waals surface area contributed by atoms with Gasteiger partial charge in [0.15, 0.2) is 0 Å². The molecule has 0 aliphatic rings. The van der Waals surface area contributed by atoms with E-state index in [0.29, 0.717) is 6.42 Å². The van der Waals surface area contributed by atoms with Crippen LogP contribution < -0.4 is 5.32 Å². The van der Waals surface area contributed by atoms with Crippen LogP contribution in [0.3, 0.4) is 0 Å². The molecule has 96 valence electrons. The normalized spacial score (nSPS) is 13.4. The van der Waals surface area contributed by atoms with Crippen LogP contribution in [0.2, 0.25) is 0 Å². The minimum Gasteiger partial charge on any atom is -0.468 e. The fraction of sp³-hybridized carbons (Fsp3) is 0.429. The zero-order valence-electron chi connectivity index (χ0n) is 10.7. The smallest absolute Gasteiger partial charge is 0.327 e. The number of methoxy groups -OCH3 is 1. The highest BCUT2D eigenvalue weighted by Crippen LogP contribution is 2.15. The number of hydrogen-bond donors (Lipinski definition) is 1. The average Bonchev–Trinajstić information content (AvgIpc) is 2.43. The van der Waals surface area contributed by atoms with E-state index in [9.17, 15) is 4.79 Å². The Morgan fingerprint density at radius 1 is 1.44 bits per heavy atom. The van der Waals surface area contributed by atoms with Gasteiger partial charge in [0.25, 0.3) is 0 Å². The van der Waals surface area contributed by atoms with Crippen molar-refractivity contribution in [2.24, 2.45) is 0 Å². The van der Waals surface area contributed by atoms with E-state index in [1.165, 1.54) is 7.11 Å². The van der Waals surface area contributed by atoms with Crippen LogP contribution >= 0.6 is 0 Å². The molecule has 0 aromatic heterocycles. The van der Waals surface area contributed by atoms with Crippen molar-refractivity contribution in [1.82, 2.24) is 5.32 Å². The van der Waals surface area contributed by atoms with Gasteiger partial charge in [-0.3, -0.25) is 5.32 Å². The summed E-state index contributed by atoms with van der Waals surface area (Å²) in [7, 11) is 1.35. The van der Waals surface area contributed by atoms with E-state index in [0.717, 1.165) is 12.0 Å². The van der Waals surface area contributed by atoms with E-state index in [1.54, 1.807) is 0 Å². The van der Waals surface area contributed by atoms with E-state index < -0.39 is 6.04 Å². The van der Waals surface area contributed by atoms with Crippen LogP contribution in [-0.2, 0) is 9.53 Å². The van der Waals surface area contributed by atoms with Gasteiger partial charge in [-0.05, 0) is 12.0 Å². The molecule has 1 rings (SSSR count). The molecule has 2 atom stereocenters. The SMILES string of the molecule is CCC[C@H](C#N)N[C@H](C(=O)OC)c1ccccc1. The molecule has 0 fully saturated rings. The summed E-state index contributed by atoms with van der Waals surface area (Å²) in [4.78, 5) is 11.8. The maximum atomic E-state index is 11.8. The van der Waals surface area contributed by atoms with Gasteiger partial charge < -0.3 is 4.74 Å². The van der Waals surface area contributed by atoms with Crippen molar-refractivity contribution in [1.29, 1.82) is 5.26 Å². The van der Waals surface area contributed by atoms with Gasteiger partial charge in [0.1, 0.15) is 6.04 Å². The molecule has 0 saturated heterocycles. The molecular formula is C14H18N2O2. The number of carbonyl (C=O) groups is 1. The highest BCUT2D eigenvalue weighted by molar-refractivity contribution is 5.77. The molecule has 0 aliphatic heterocycles. The fourth-order valence-corrected chi connectivity index (χ4v) is 1.74. The van der Waals surface area contributed by atoms with Crippen molar-refractivity contribution < 1.29 is 9.53 Å². The predicted molar refractivity (Wildman–Crippen MR) is 68.6 cm³/mol. The van der Waals surface area contributed by atoms with Gasteiger partial charge in [-0.1, -0.05) is 43.7 Å². The maximum absolute atomic E-state index is 11.8. The molecule has 0 heterocycles. The Hall–Kier alpha value is -1.86. The van der Waals surface area contributed by atoms with Crippen LogP contribution in [0.25, 0.3) is 0 Å². The number of nitriles is 1. The Kier molecular flexibility index (Phi) is 5.89. The quantitative estimate of drug-likeness (QED) is 0.781. The van der Waals surface area contributed by atoms with Crippen molar-refractivity contribution in [3.8, 4) is 6.07 Å². The number of hydrogen-bond acceptors (Lipinski definition) is 4. The Morgan fingerprint density at radius 2 is 2.11 bits per heavy atom. The predicted octanol–water partition coefficient (Wildman–Crippen LogP) is 2.18. The average molecular weight is 246 g/mol. The number of esters is 1. The van der Waals surface area contributed by atoms with Crippen molar-refractivity contribution in [3.05, 3.63) is 35.9 Å². The van der Waals surface area contributed by atoms with E-state index in [-0.39, 0.29) is 12.0 Å². The van der Waals surface area contributed by atoms with Crippen LogP contribution in [0.1, 0.15) is 31.4 Å². The van der Waals surface area contributed by atoms with Gasteiger partial charge in [0.2, 0.25) is 0 Å². The third-order valence-electron chi connectivity index (χ3n) is 2.67. The van der Waals surface area contributed by atoms with Gasteiger partial charge in [0, 0.05) is 0 Å². The van der Waals surface area contributed by atoms with E-state index >= 15 is 0 Å². The largest absolute Gasteiger partial charge is 0.468 e. The summed E-state index contributed by atoms with van der Waals surface area (Å²) in [6, 6.07) is 10.5. The zero-order chi connectivity index (χ0) is 13.4. The maximum Gasteiger partial charge on any atom is 0.327 e. The Balaban J connectivity index is 2.87. The van der Waals surface area contributed by atoms with Crippen LogP contribution in [-0.4, -0.2) is 19.1 Å². The third kappa shape index (κ3) is 3.86. The summed E-state index contributed by atoms with van der Waals surface area (Å²) < 4.78 is 4.78. The zero-order valence-corrected chi connectivity index (χ0v) is 10.7. The van der Waals surface area contributed by atoms with Gasteiger partial charge >= 0.3 is 5.97 Å².